The summed E-state index contributed by atoms with van der Waals surface area (Å²) in [6.07, 6.45) is 0.274. The highest BCUT2D eigenvalue weighted by molar-refractivity contribution is 6.09. The third-order valence-electron chi connectivity index (χ3n) is 6.30. The Kier molecular flexibility index (Phi) is 5.82. The number of imide groups is 1. The molecule has 4 amide bonds. The Balaban J connectivity index is 1.35. The van der Waals surface area contributed by atoms with Gasteiger partial charge in [-0.1, -0.05) is 78.9 Å². The lowest BCUT2D eigenvalue weighted by Crippen LogP contribution is -2.47. The number of amides is 4. The lowest BCUT2D eigenvalue weighted by molar-refractivity contribution is -0.135. The molecule has 1 aliphatic heterocycles. The zero-order valence-corrected chi connectivity index (χ0v) is 19.2. The van der Waals surface area contributed by atoms with Gasteiger partial charge in [0.25, 0.3) is 5.91 Å². The second-order valence-electron chi connectivity index (χ2n) is 8.73. The van der Waals surface area contributed by atoms with Gasteiger partial charge in [-0.25, -0.2) is 4.79 Å². The van der Waals surface area contributed by atoms with Gasteiger partial charge in [0.05, 0.1) is 6.04 Å². The average molecular weight is 468 g/mol. The maximum Gasteiger partial charge on any atom is 0.325 e. The van der Waals surface area contributed by atoms with Crippen LogP contribution in [-0.2, 0) is 21.5 Å². The van der Waals surface area contributed by atoms with Gasteiger partial charge < -0.3 is 15.1 Å². The Labute approximate surface area is 202 Å². The number of furan rings is 1. The quantitative estimate of drug-likeness (QED) is 0.397. The standard InChI is InChI=1S/C28H25N3O4/c1-19(24-16-21-12-8-9-15-23(21)35-24)29-25(32)18-31-26(33)28(30-27(31)34,22-13-6-3-7-14-22)17-20-10-4-2-5-11-20/h2-16,19H,17-18H2,1H3,(H,29,32)(H,30,34)/t19-,28-/m1/s1. The number of carbonyl (C=O) groups excluding carboxylic acids is 3. The van der Waals surface area contributed by atoms with Gasteiger partial charge in [-0.3, -0.25) is 14.5 Å². The molecule has 2 atom stereocenters. The van der Waals surface area contributed by atoms with Crippen molar-refractivity contribution in [2.45, 2.75) is 24.9 Å². The number of hydrogen-bond donors (Lipinski definition) is 2. The molecule has 0 aliphatic carbocycles. The van der Waals surface area contributed by atoms with Crippen LogP contribution in [0.1, 0.15) is 29.9 Å². The zero-order chi connectivity index (χ0) is 24.4. The Morgan fingerprint density at radius 1 is 0.971 bits per heavy atom. The molecular formula is C28H25N3O4. The van der Waals surface area contributed by atoms with E-state index in [1.807, 2.05) is 91.0 Å². The van der Waals surface area contributed by atoms with Gasteiger partial charge in [-0.15, -0.1) is 0 Å². The van der Waals surface area contributed by atoms with Crippen LogP contribution in [0, 0.1) is 0 Å². The SMILES string of the molecule is C[C@@H](NC(=O)CN1C(=O)N[C@](Cc2ccccc2)(c2ccccc2)C1=O)c1cc2ccccc2o1. The first kappa shape index (κ1) is 22.4. The maximum absolute atomic E-state index is 13.7. The predicted molar refractivity (Wildman–Crippen MR) is 131 cm³/mol. The molecule has 0 radical (unpaired) electrons. The van der Waals surface area contributed by atoms with E-state index in [1.54, 1.807) is 6.92 Å². The number of rotatable bonds is 7. The lowest BCUT2D eigenvalue weighted by atomic mass is 9.83. The molecule has 2 N–H and O–H groups in total. The van der Waals surface area contributed by atoms with E-state index in [9.17, 15) is 14.4 Å². The van der Waals surface area contributed by atoms with Crippen LogP contribution >= 0.6 is 0 Å². The fourth-order valence-corrected chi connectivity index (χ4v) is 4.53. The topological polar surface area (TPSA) is 91.7 Å². The highest BCUT2D eigenvalue weighted by Crippen LogP contribution is 2.33. The van der Waals surface area contributed by atoms with Crippen LogP contribution in [0.3, 0.4) is 0 Å². The number of benzene rings is 3. The largest absolute Gasteiger partial charge is 0.459 e. The molecule has 3 aromatic carbocycles. The van der Waals surface area contributed by atoms with Crippen LogP contribution in [-0.4, -0.2) is 29.3 Å². The van der Waals surface area contributed by atoms with E-state index >= 15 is 0 Å². The molecule has 7 heteroatoms. The molecule has 1 saturated heterocycles. The Hall–Kier alpha value is -4.39. The monoisotopic (exact) mass is 467 g/mol. The van der Waals surface area contributed by atoms with Crippen molar-refractivity contribution in [2.24, 2.45) is 0 Å². The summed E-state index contributed by atoms with van der Waals surface area (Å²) < 4.78 is 5.83. The molecule has 4 aromatic rings. The number of carbonyl (C=O) groups is 3. The van der Waals surface area contributed by atoms with E-state index < -0.39 is 36.0 Å². The summed E-state index contributed by atoms with van der Waals surface area (Å²) in [7, 11) is 0. The van der Waals surface area contributed by atoms with Gasteiger partial charge >= 0.3 is 6.03 Å². The second kappa shape index (κ2) is 9.10. The Morgan fingerprint density at radius 3 is 2.34 bits per heavy atom. The van der Waals surface area contributed by atoms with Gasteiger partial charge in [0.1, 0.15) is 17.9 Å². The average Bonchev–Trinajstić information content (AvgIpc) is 3.41. The van der Waals surface area contributed by atoms with E-state index in [2.05, 4.69) is 10.6 Å². The summed E-state index contributed by atoms with van der Waals surface area (Å²) in [6.45, 7) is 1.41. The normalized spacial score (nSPS) is 18.5. The number of nitrogens with one attached hydrogen (secondary N) is 2. The van der Waals surface area contributed by atoms with E-state index in [1.165, 1.54) is 0 Å². The van der Waals surface area contributed by atoms with Crippen LogP contribution < -0.4 is 10.6 Å². The minimum Gasteiger partial charge on any atom is -0.459 e. The molecule has 7 nitrogen and oxygen atoms in total. The summed E-state index contributed by atoms with van der Waals surface area (Å²) in [5, 5.41) is 6.65. The Bertz CT molecular complexity index is 1350. The van der Waals surface area contributed by atoms with E-state index in [0.29, 0.717) is 11.3 Å². The fourth-order valence-electron chi connectivity index (χ4n) is 4.53. The molecule has 1 aromatic heterocycles. The van der Waals surface area contributed by atoms with E-state index in [-0.39, 0.29) is 6.42 Å². The van der Waals surface area contributed by atoms with Crippen molar-refractivity contribution in [1.29, 1.82) is 0 Å². The Morgan fingerprint density at radius 2 is 1.63 bits per heavy atom. The molecule has 176 valence electrons. The molecule has 0 saturated carbocycles. The lowest BCUT2D eigenvalue weighted by Gasteiger charge is -2.27. The van der Waals surface area contributed by atoms with Crippen molar-refractivity contribution in [3.63, 3.8) is 0 Å². The van der Waals surface area contributed by atoms with Gasteiger partial charge in [0.2, 0.25) is 5.91 Å². The molecule has 0 bridgehead atoms. The van der Waals surface area contributed by atoms with Gasteiger partial charge in [0.15, 0.2) is 5.54 Å². The zero-order valence-electron chi connectivity index (χ0n) is 19.2. The van der Waals surface area contributed by atoms with Crippen LogP contribution in [0.15, 0.2) is 95.4 Å². The summed E-state index contributed by atoms with van der Waals surface area (Å²) in [5.74, 6) is -0.311. The van der Waals surface area contributed by atoms with Crippen molar-refractivity contribution >= 4 is 28.8 Å². The summed E-state index contributed by atoms with van der Waals surface area (Å²) >= 11 is 0. The molecule has 2 heterocycles. The molecule has 0 unspecified atom stereocenters. The van der Waals surface area contributed by atoms with Gasteiger partial charge in [-0.2, -0.15) is 0 Å². The smallest absolute Gasteiger partial charge is 0.325 e. The van der Waals surface area contributed by atoms with Crippen molar-refractivity contribution < 1.29 is 18.8 Å². The highest BCUT2D eigenvalue weighted by atomic mass is 16.3. The van der Waals surface area contributed by atoms with Crippen molar-refractivity contribution in [3.05, 3.63) is 108 Å². The van der Waals surface area contributed by atoms with E-state index in [0.717, 1.165) is 21.4 Å². The molecule has 1 aliphatic rings. The molecular weight excluding hydrogens is 442 g/mol. The van der Waals surface area contributed by atoms with Crippen molar-refractivity contribution in [2.75, 3.05) is 6.54 Å². The second-order valence-corrected chi connectivity index (χ2v) is 8.73. The first-order chi connectivity index (χ1) is 17.0. The maximum atomic E-state index is 13.7. The third kappa shape index (κ3) is 4.28. The van der Waals surface area contributed by atoms with Crippen LogP contribution in [0.5, 0.6) is 0 Å². The van der Waals surface area contributed by atoms with Crippen LogP contribution in [0.4, 0.5) is 4.79 Å². The van der Waals surface area contributed by atoms with Crippen LogP contribution in [0.25, 0.3) is 11.0 Å². The summed E-state index contributed by atoms with van der Waals surface area (Å²) in [5.41, 5.74) is 1.01. The van der Waals surface area contributed by atoms with E-state index in [4.69, 9.17) is 4.42 Å². The number of hydrogen-bond acceptors (Lipinski definition) is 4. The fraction of sp³-hybridized carbons (Fsp3) is 0.179. The number of nitrogens with zero attached hydrogens (tertiary/aromatic N) is 1. The minimum absolute atomic E-state index is 0.274. The number of para-hydroxylation sites is 1. The van der Waals surface area contributed by atoms with Gasteiger partial charge in [0, 0.05) is 11.8 Å². The summed E-state index contributed by atoms with van der Waals surface area (Å²) in [4.78, 5) is 40.5. The third-order valence-corrected chi connectivity index (χ3v) is 6.30. The molecule has 35 heavy (non-hydrogen) atoms. The minimum atomic E-state index is -1.29. The van der Waals surface area contributed by atoms with Gasteiger partial charge in [-0.05, 0) is 30.2 Å². The number of fused-ring (bicyclic) bond motifs is 1. The number of urea groups is 1. The molecule has 0 spiro atoms. The summed E-state index contributed by atoms with van der Waals surface area (Å²) in [6, 6.07) is 27.1. The molecule has 5 rings (SSSR count). The van der Waals surface area contributed by atoms with Crippen LogP contribution in [0.2, 0.25) is 0 Å². The van der Waals surface area contributed by atoms with Crippen molar-refractivity contribution in [3.8, 4) is 0 Å². The molecule has 1 fully saturated rings. The first-order valence-corrected chi connectivity index (χ1v) is 11.5. The predicted octanol–water partition coefficient (Wildman–Crippen LogP) is 4.30. The van der Waals surface area contributed by atoms with Crippen molar-refractivity contribution in [1.82, 2.24) is 15.5 Å². The highest BCUT2D eigenvalue weighted by Gasteiger charge is 2.52. The first-order valence-electron chi connectivity index (χ1n) is 11.5.